The summed E-state index contributed by atoms with van der Waals surface area (Å²) in [5.41, 5.74) is 0.180. The Morgan fingerprint density at radius 1 is 1.20 bits per heavy atom. The van der Waals surface area contributed by atoms with E-state index in [1.807, 2.05) is 13.8 Å². The van der Waals surface area contributed by atoms with Crippen LogP contribution in [-0.2, 0) is 14.3 Å². The van der Waals surface area contributed by atoms with Crippen LogP contribution in [0.15, 0.2) is 12.1 Å². The fraction of sp³-hybridized carbons (Fsp3) is 0.529. The molecular formula is C17H22ClNO6. The van der Waals surface area contributed by atoms with Crippen molar-refractivity contribution in [3.63, 3.8) is 0 Å². The number of nitrogens with zero attached hydrogens (tertiary/aromatic N) is 1. The van der Waals surface area contributed by atoms with Crippen molar-refractivity contribution >= 4 is 23.5 Å². The van der Waals surface area contributed by atoms with E-state index in [9.17, 15) is 9.59 Å². The van der Waals surface area contributed by atoms with Crippen molar-refractivity contribution in [1.82, 2.24) is 4.90 Å². The Kier molecular flexibility index (Phi) is 6.50. The van der Waals surface area contributed by atoms with Crippen LogP contribution in [0.3, 0.4) is 0 Å². The van der Waals surface area contributed by atoms with Gasteiger partial charge < -0.3 is 23.8 Å². The van der Waals surface area contributed by atoms with Gasteiger partial charge in [0.2, 0.25) is 0 Å². The molecule has 0 radical (unpaired) electrons. The highest BCUT2D eigenvalue weighted by Crippen LogP contribution is 2.36. The van der Waals surface area contributed by atoms with Gasteiger partial charge in [0.05, 0.1) is 37.0 Å². The van der Waals surface area contributed by atoms with Gasteiger partial charge in [-0.3, -0.25) is 4.79 Å². The smallest absolute Gasteiger partial charge is 0.338 e. The minimum Gasteiger partial charge on any atom is -0.493 e. The van der Waals surface area contributed by atoms with Crippen LogP contribution in [0.1, 0.15) is 24.2 Å². The van der Waals surface area contributed by atoms with E-state index in [1.54, 1.807) is 4.90 Å². The molecule has 2 rings (SSSR count). The maximum Gasteiger partial charge on any atom is 0.338 e. The summed E-state index contributed by atoms with van der Waals surface area (Å²) < 4.78 is 21.0. The predicted molar refractivity (Wildman–Crippen MR) is 91.4 cm³/mol. The summed E-state index contributed by atoms with van der Waals surface area (Å²) in [7, 11) is 2.89. The molecule has 1 aliphatic rings. The molecule has 1 fully saturated rings. The molecule has 1 aromatic rings. The van der Waals surface area contributed by atoms with Gasteiger partial charge in [-0.15, -0.1) is 0 Å². The predicted octanol–water partition coefficient (Wildman–Crippen LogP) is 2.15. The fourth-order valence-electron chi connectivity index (χ4n) is 2.72. The Balaban J connectivity index is 2.00. The Morgan fingerprint density at radius 2 is 1.84 bits per heavy atom. The molecule has 1 heterocycles. The molecule has 0 N–H and O–H groups in total. The highest BCUT2D eigenvalue weighted by Gasteiger charge is 2.26. The van der Waals surface area contributed by atoms with E-state index in [0.29, 0.717) is 24.6 Å². The fourth-order valence-corrected chi connectivity index (χ4v) is 3.01. The van der Waals surface area contributed by atoms with Crippen LogP contribution in [0, 0.1) is 0 Å². The average molecular weight is 372 g/mol. The number of halogens is 1. The Bertz CT molecular complexity index is 640. The number of carbonyl (C=O) groups is 2. The first-order valence-corrected chi connectivity index (χ1v) is 8.25. The first-order chi connectivity index (χ1) is 11.8. The van der Waals surface area contributed by atoms with E-state index in [4.69, 9.17) is 30.5 Å². The van der Waals surface area contributed by atoms with E-state index < -0.39 is 5.97 Å². The lowest BCUT2D eigenvalue weighted by atomic mass is 10.2. The van der Waals surface area contributed by atoms with Crippen LogP contribution in [0.2, 0.25) is 5.02 Å². The molecule has 0 unspecified atom stereocenters. The van der Waals surface area contributed by atoms with Crippen molar-refractivity contribution in [2.75, 3.05) is 33.9 Å². The SMILES string of the molecule is COc1cc(C(=O)OCC(=O)N2C[C@@H](C)O[C@H](C)C2)cc(Cl)c1OC. The quantitative estimate of drug-likeness (QED) is 0.738. The lowest BCUT2D eigenvalue weighted by molar-refractivity contribution is -0.146. The Morgan fingerprint density at radius 3 is 2.40 bits per heavy atom. The number of benzene rings is 1. The van der Waals surface area contributed by atoms with Gasteiger partial charge in [-0.05, 0) is 26.0 Å². The van der Waals surface area contributed by atoms with E-state index in [-0.39, 0.29) is 35.3 Å². The van der Waals surface area contributed by atoms with E-state index in [0.717, 1.165) is 0 Å². The molecular weight excluding hydrogens is 350 g/mol. The number of morpholine rings is 1. The van der Waals surface area contributed by atoms with Crippen molar-refractivity contribution < 1.29 is 28.5 Å². The van der Waals surface area contributed by atoms with Gasteiger partial charge in [0.1, 0.15) is 0 Å². The summed E-state index contributed by atoms with van der Waals surface area (Å²) in [5.74, 6) is -0.287. The lowest BCUT2D eigenvalue weighted by Crippen LogP contribution is -2.49. The largest absolute Gasteiger partial charge is 0.493 e. The second-order valence-corrected chi connectivity index (χ2v) is 6.23. The maximum absolute atomic E-state index is 12.2. The van der Waals surface area contributed by atoms with Crippen molar-refractivity contribution in [2.45, 2.75) is 26.1 Å². The van der Waals surface area contributed by atoms with Gasteiger partial charge in [0, 0.05) is 13.1 Å². The highest BCUT2D eigenvalue weighted by atomic mass is 35.5. The van der Waals surface area contributed by atoms with E-state index >= 15 is 0 Å². The summed E-state index contributed by atoms with van der Waals surface area (Å²) in [5, 5.41) is 0.218. The maximum atomic E-state index is 12.2. The Hall–Kier alpha value is -1.99. The zero-order chi connectivity index (χ0) is 18.6. The summed E-state index contributed by atoms with van der Waals surface area (Å²) in [6.45, 7) is 4.40. The standard InChI is InChI=1S/C17H22ClNO6/c1-10-7-19(8-11(2)25-10)15(20)9-24-17(21)12-5-13(18)16(23-4)14(6-12)22-3/h5-6,10-11H,7-9H2,1-4H3/t10-,11-/m1/s1. The van der Waals surface area contributed by atoms with Crippen molar-refractivity contribution in [3.05, 3.63) is 22.7 Å². The molecule has 0 spiro atoms. The number of ether oxygens (including phenoxy) is 4. The van der Waals surface area contributed by atoms with Crippen LogP contribution in [0.25, 0.3) is 0 Å². The average Bonchev–Trinajstić information content (AvgIpc) is 2.57. The number of hydrogen-bond acceptors (Lipinski definition) is 6. The molecule has 0 aliphatic carbocycles. The molecule has 138 valence electrons. The second-order valence-electron chi connectivity index (χ2n) is 5.83. The Labute approximate surface area is 151 Å². The highest BCUT2D eigenvalue weighted by molar-refractivity contribution is 6.32. The van der Waals surface area contributed by atoms with Gasteiger partial charge in [0.25, 0.3) is 5.91 Å². The van der Waals surface area contributed by atoms with Gasteiger partial charge in [-0.1, -0.05) is 11.6 Å². The summed E-state index contributed by atoms with van der Waals surface area (Å²) in [6.07, 6.45) is -0.0962. The summed E-state index contributed by atoms with van der Waals surface area (Å²) >= 11 is 6.07. The number of carbonyl (C=O) groups excluding carboxylic acids is 2. The molecule has 0 bridgehead atoms. The molecule has 1 aromatic carbocycles. The van der Waals surface area contributed by atoms with Crippen LogP contribution in [0.4, 0.5) is 0 Å². The van der Waals surface area contributed by atoms with Crippen LogP contribution in [0.5, 0.6) is 11.5 Å². The molecule has 7 nitrogen and oxygen atoms in total. The normalized spacial score (nSPS) is 20.1. The third-order valence-electron chi connectivity index (χ3n) is 3.77. The molecule has 1 amide bonds. The van der Waals surface area contributed by atoms with Crippen molar-refractivity contribution in [3.8, 4) is 11.5 Å². The number of esters is 1. The zero-order valence-corrected chi connectivity index (χ0v) is 15.5. The van der Waals surface area contributed by atoms with Crippen LogP contribution < -0.4 is 9.47 Å². The topological polar surface area (TPSA) is 74.3 Å². The van der Waals surface area contributed by atoms with Gasteiger partial charge in [0.15, 0.2) is 18.1 Å². The number of hydrogen-bond donors (Lipinski definition) is 0. The number of amides is 1. The molecule has 1 saturated heterocycles. The van der Waals surface area contributed by atoms with E-state index in [2.05, 4.69) is 0 Å². The first-order valence-electron chi connectivity index (χ1n) is 7.87. The molecule has 8 heteroatoms. The minimum atomic E-state index is -0.662. The van der Waals surface area contributed by atoms with Crippen molar-refractivity contribution in [2.24, 2.45) is 0 Å². The molecule has 0 aromatic heterocycles. The van der Waals surface area contributed by atoms with E-state index in [1.165, 1.54) is 26.4 Å². The molecule has 2 atom stereocenters. The number of rotatable bonds is 5. The minimum absolute atomic E-state index is 0.0481. The zero-order valence-electron chi connectivity index (χ0n) is 14.7. The second kappa shape index (κ2) is 8.40. The third kappa shape index (κ3) is 4.76. The van der Waals surface area contributed by atoms with Gasteiger partial charge in [-0.25, -0.2) is 4.79 Å². The van der Waals surface area contributed by atoms with Crippen LogP contribution in [-0.4, -0.2) is 62.9 Å². The van der Waals surface area contributed by atoms with Crippen LogP contribution >= 0.6 is 11.6 Å². The lowest BCUT2D eigenvalue weighted by Gasteiger charge is -2.35. The number of methoxy groups -OCH3 is 2. The first kappa shape index (κ1) is 19.3. The molecule has 1 aliphatic heterocycles. The monoisotopic (exact) mass is 371 g/mol. The van der Waals surface area contributed by atoms with Crippen molar-refractivity contribution in [1.29, 1.82) is 0 Å². The summed E-state index contributed by atoms with van der Waals surface area (Å²) in [4.78, 5) is 26.1. The third-order valence-corrected chi connectivity index (χ3v) is 4.05. The van der Waals surface area contributed by atoms with Gasteiger partial charge >= 0.3 is 5.97 Å². The molecule has 25 heavy (non-hydrogen) atoms. The molecule has 0 saturated carbocycles. The summed E-state index contributed by atoms with van der Waals surface area (Å²) in [6, 6.07) is 2.87. The van der Waals surface area contributed by atoms with Gasteiger partial charge in [-0.2, -0.15) is 0 Å².